The summed E-state index contributed by atoms with van der Waals surface area (Å²) >= 11 is 0. The average Bonchev–Trinajstić information content (AvgIpc) is 3.54. The molecule has 1 saturated heterocycles. The van der Waals surface area contributed by atoms with Gasteiger partial charge < -0.3 is 9.88 Å². The Morgan fingerprint density at radius 3 is 2.56 bits per heavy atom. The van der Waals surface area contributed by atoms with Crippen LogP contribution < -0.4 is 10.2 Å². The second kappa shape index (κ2) is 11.4. The molecule has 0 spiro atoms. The highest BCUT2D eigenvalue weighted by molar-refractivity contribution is 5.93. The van der Waals surface area contributed by atoms with Crippen LogP contribution in [0.5, 0.6) is 0 Å². The van der Waals surface area contributed by atoms with Gasteiger partial charge in [0.15, 0.2) is 0 Å². The van der Waals surface area contributed by atoms with Crippen molar-refractivity contribution < 1.29 is 9.18 Å². The molecule has 3 heterocycles. The van der Waals surface area contributed by atoms with Crippen LogP contribution in [0.2, 0.25) is 0 Å². The summed E-state index contributed by atoms with van der Waals surface area (Å²) in [6, 6.07) is 14.9. The number of nitrogens with one attached hydrogen (secondary N) is 1. The number of rotatable bonds is 8. The van der Waals surface area contributed by atoms with Crippen LogP contribution in [-0.2, 0) is 33.1 Å². The van der Waals surface area contributed by atoms with E-state index in [1.807, 2.05) is 31.5 Å². The summed E-state index contributed by atoms with van der Waals surface area (Å²) < 4.78 is 16.0. The molecule has 2 aliphatic heterocycles. The normalized spacial score (nSPS) is 17.3. The monoisotopic (exact) mass is 525 g/mol. The zero-order valence-electron chi connectivity index (χ0n) is 23.0. The molecule has 5 rings (SSSR count). The van der Waals surface area contributed by atoms with Crippen LogP contribution in [0.4, 0.5) is 15.0 Å². The second-order valence-electron chi connectivity index (χ2n) is 10.3. The van der Waals surface area contributed by atoms with E-state index >= 15 is 0 Å². The van der Waals surface area contributed by atoms with E-state index in [-0.39, 0.29) is 11.9 Å². The number of nitrogens with zero attached hydrogens (tertiary/aromatic N) is 4. The number of benzene rings is 2. The van der Waals surface area contributed by atoms with E-state index in [2.05, 4.69) is 64.2 Å². The van der Waals surface area contributed by atoms with Crippen molar-refractivity contribution in [3.05, 3.63) is 107 Å². The van der Waals surface area contributed by atoms with E-state index in [1.54, 1.807) is 17.2 Å². The van der Waals surface area contributed by atoms with Gasteiger partial charge in [0, 0.05) is 50.9 Å². The molecule has 6 nitrogen and oxygen atoms in total. The molecule has 0 bridgehead atoms. The lowest BCUT2D eigenvalue weighted by Gasteiger charge is -2.29. The van der Waals surface area contributed by atoms with Gasteiger partial charge in [0.1, 0.15) is 17.5 Å². The quantitative estimate of drug-likeness (QED) is 0.330. The Morgan fingerprint density at radius 1 is 1.13 bits per heavy atom. The van der Waals surface area contributed by atoms with Crippen molar-refractivity contribution in [2.24, 2.45) is 7.05 Å². The van der Waals surface area contributed by atoms with Gasteiger partial charge in [-0.3, -0.25) is 9.80 Å². The van der Waals surface area contributed by atoms with Gasteiger partial charge in [0.05, 0.1) is 6.20 Å². The first-order chi connectivity index (χ1) is 18.9. The molecule has 0 aliphatic carbocycles. The first-order valence-corrected chi connectivity index (χ1v) is 13.6. The van der Waals surface area contributed by atoms with Crippen molar-refractivity contribution in [2.75, 3.05) is 11.4 Å². The average molecular weight is 526 g/mol. The van der Waals surface area contributed by atoms with Crippen LogP contribution in [-0.4, -0.2) is 27.0 Å². The van der Waals surface area contributed by atoms with E-state index in [9.17, 15) is 9.18 Å². The van der Waals surface area contributed by atoms with Crippen LogP contribution >= 0.6 is 0 Å². The topological polar surface area (TPSA) is 53.4 Å². The Bertz CT molecular complexity index is 1450. The van der Waals surface area contributed by atoms with E-state index < -0.39 is 0 Å². The number of halogens is 1. The number of allylic oxidation sites excluding steroid dienone is 4. The lowest BCUT2D eigenvalue weighted by atomic mass is 10.0. The summed E-state index contributed by atoms with van der Waals surface area (Å²) in [5, 5.41) is 2.95. The maximum absolute atomic E-state index is 14.0. The van der Waals surface area contributed by atoms with E-state index in [0.717, 1.165) is 54.5 Å². The fourth-order valence-corrected chi connectivity index (χ4v) is 5.42. The third-order valence-electron chi connectivity index (χ3n) is 7.69. The van der Waals surface area contributed by atoms with Crippen molar-refractivity contribution in [1.29, 1.82) is 0 Å². The van der Waals surface area contributed by atoms with Crippen LogP contribution in [0.15, 0.2) is 84.5 Å². The van der Waals surface area contributed by atoms with E-state index in [4.69, 9.17) is 0 Å². The summed E-state index contributed by atoms with van der Waals surface area (Å²) in [6.07, 6.45) is 7.10. The third-order valence-corrected chi connectivity index (χ3v) is 7.69. The molecule has 2 aromatic carbocycles. The minimum atomic E-state index is -0.118. The van der Waals surface area contributed by atoms with Gasteiger partial charge in [-0.05, 0) is 53.7 Å². The number of fused-ring (bicyclic) bond motifs is 1. The molecule has 0 unspecified atom stereocenters. The van der Waals surface area contributed by atoms with Crippen LogP contribution in [0, 0.1) is 0 Å². The number of aromatic nitrogens is 2. The van der Waals surface area contributed by atoms with Crippen molar-refractivity contribution >= 4 is 11.8 Å². The summed E-state index contributed by atoms with van der Waals surface area (Å²) in [6.45, 7) is 10.8. The number of carbonyl (C=O) groups excluding carboxylic acids is 1. The molecule has 7 heteroatoms. The summed E-state index contributed by atoms with van der Waals surface area (Å²) in [4.78, 5) is 21.5. The van der Waals surface area contributed by atoms with Gasteiger partial charge in [-0.25, -0.2) is 14.2 Å². The van der Waals surface area contributed by atoms with Gasteiger partial charge in [0.25, 0.3) is 0 Å². The lowest BCUT2D eigenvalue weighted by molar-refractivity contribution is 0.245. The molecule has 2 amide bonds. The van der Waals surface area contributed by atoms with Crippen molar-refractivity contribution in [3.63, 3.8) is 0 Å². The SMILES string of the molecule is C=C/C(Cc1ccc(CN2Cc3ccc(-c4ncc(N5CCC(=CC)NC5=O)n4C)cc3C2)cc1)=C(/F)CC. The molecule has 1 aromatic heterocycles. The molecule has 202 valence electrons. The zero-order chi connectivity index (χ0) is 27.5. The Kier molecular flexibility index (Phi) is 7.79. The molecule has 2 aliphatic rings. The van der Waals surface area contributed by atoms with Gasteiger partial charge in [-0.2, -0.15) is 0 Å². The molecular weight excluding hydrogens is 489 g/mol. The minimum Gasteiger partial charge on any atom is -0.314 e. The maximum Gasteiger partial charge on any atom is 0.327 e. The molecule has 1 N–H and O–H groups in total. The molecule has 3 aromatic rings. The highest BCUT2D eigenvalue weighted by atomic mass is 19.1. The number of hydrogen-bond donors (Lipinski definition) is 1. The third kappa shape index (κ3) is 5.59. The summed E-state index contributed by atoms with van der Waals surface area (Å²) in [7, 11) is 1.96. The van der Waals surface area contributed by atoms with Crippen LogP contribution in [0.25, 0.3) is 11.4 Å². The fraction of sp³-hybridized carbons (Fsp3) is 0.312. The Hall–Kier alpha value is -3.97. The number of amides is 2. The zero-order valence-corrected chi connectivity index (χ0v) is 23.0. The smallest absolute Gasteiger partial charge is 0.314 e. The summed E-state index contributed by atoms with van der Waals surface area (Å²) in [5.41, 5.74) is 7.63. The van der Waals surface area contributed by atoms with Crippen LogP contribution in [0.3, 0.4) is 0 Å². The first-order valence-electron chi connectivity index (χ1n) is 13.6. The predicted molar refractivity (Wildman–Crippen MR) is 155 cm³/mol. The second-order valence-corrected chi connectivity index (χ2v) is 10.3. The standard InChI is InChI=1S/C32H36FN5O/c1-5-24(29(33)7-3)16-22-8-10-23(11-9-22)19-37-20-26-13-12-25(17-27(26)21-37)31-34-18-30(36(31)4)38-15-14-28(6-2)35-32(38)39/h5-6,8-13,17-18H,1,7,14-16,19-21H2,2-4H3,(H,35,39)/b28-6?,29-24-. The number of anilines is 1. The fourth-order valence-electron chi connectivity index (χ4n) is 5.42. The van der Waals surface area contributed by atoms with Gasteiger partial charge in [-0.15, -0.1) is 0 Å². The largest absolute Gasteiger partial charge is 0.327 e. The Labute approximate surface area is 230 Å². The number of urea groups is 1. The molecule has 39 heavy (non-hydrogen) atoms. The number of imidazole rings is 1. The molecule has 0 saturated carbocycles. The molecule has 0 atom stereocenters. The Balaban J connectivity index is 1.25. The van der Waals surface area contributed by atoms with Crippen molar-refractivity contribution in [2.45, 2.75) is 52.7 Å². The van der Waals surface area contributed by atoms with Gasteiger partial charge in [0.2, 0.25) is 0 Å². The number of hydrogen-bond acceptors (Lipinski definition) is 3. The lowest BCUT2D eigenvalue weighted by Crippen LogP contribution is -2.46. The molecule has 0 radical (unpaired) electrons. The first kappa shape index (κ1) is 26.6. The predicted octanol–water partition coefficient (Wildman–Crippen LogP) is 6.79. The van der Waals surface area contributed by atoms with E-state index in [1.165, 1.54) is 16.7 Å². The highest BCUT2D eigenvalue weighted by Crippen LogP contribution is 2.31. The highest BCUT2D eigenvalue weighted by Gasteiger charge is 2.26. The van der Waals surface area contributed by atoms with Gasteiger partial charge >= 0.3 is 6.03 Å². The minimum absolute atomic E-state index is 0.0926. The molecular formula is C32H36FN5O. The van der Waals surface area contributed by atoms with Crippen molar-refractivity contribution in [1.82, 2.24) is 19.8 Å². The van der Waals surface area contributed by atoms with Gasteiger partial charge in [-0.1, -0.05) is 62.1 Å². The number of carbonyl (C=O) groups is 1. The van der Waals surface area contributed by atoms with Crippen molar-refractivity contribution in [3.8, 4) is 11.4 Å². The van der Waals surface area contributed by atoms with Crippen LogP contribution in [0.1, 0.15) is 48.9 Å². The summed E-state index contributed by atoms with van der Waals surface area (Å²) in [5.74, 6) is 1.54. The molecule has 1 fully saturated rings. The Morgan fingerprint density at radius 2 is 1.87 bits per heavy atom. The van der Waals surface area contributed by atoms with E-state index in [0.29, 0.717) is 25.0 Å². The maximum atomic E-state index is 14.0.